The molecule has 2 atom stereocenters. The zero-order chi connectivity index (χ0) is 17.6. The minimum Gasteiger partial charge on any atom is -0.380 e. The second-order valence-corrected chi connectivity index (χ2v) is 6.86. The highest BCUT2D eigenvalue weighted by Crippen LogP contribution is 2.39. The Labute approximate surface area is 146 Å². The van der Waals surface area contributed by atoms with Crippen LogP contribution in [0.25, 0.3) is 0 Å². The fourth-order valence-corrected chi connectivity index (χ4v) is 3.39. The normalized spacial score (nSPS) is 23.2. The number of nitrogens with zero attached hydrogens (tertiary/aromatic N) is 5. The maximum Gasteiger partial charge on any atom is 0.273 e. The summed E-state index contributed by atoms with van der Waals surface area (Å²) in [6.45, 7) is 4.17. The highest BCUT2D eigenvalue weighted by atomic mass is 16.5. The van der Waals surface area contributed by atoms with E-state index in [-0.39, 0.29) is 18.1 Å². The number of hydrogen-bond donors (Lipinski definition) is 1. The van der Waals surface area contributed by atoms with Crippen LogP contribution in [-0.4, -0.2) is 55.7 Å². The molecule has 1 aliphatic heterocycles. The van der Waals surface area contributed by atoms with E-state index in [4.69, 9.17) is 4.74 Å². The average Bonchev–Trinajstić information content (AvgIpc) is 3.16. The molecule has 3 heterocycles. The lowest BCUT2D eigenvalue weighted by Crippen LogP contribution is -2.33. The fourth-order valence-electron chi connectivity index (χ4n) is 3.39. The summed E-state index contributed by atoms with van der Waals surface area (Å²) in [7, 11) is 1.67. The van der Waals surface area contributed by atoms with Gasteiger partial charge < -0.3 is 9.64 Å². The van der Waals surface area contributed by atoms with Gasteiger partial charge in [-0.3, -0.25) is 9.89 Å². The summed E-state index contributed by atoms with van der Waals surface area (Å²) in [5.41, 5.74) is 1.19. The van der Waals surface area contributed by atoms with Gasteiger partial charge in [0, 0.05) is 31.7 Å². The number of ether oxygens (including phenoxy) is 1. The molecule has 0 unspecified atom stereocenters. The number of amides is 1. The van der Waals surface area contributed by atoms with Crippen LogP contribution in [0.4, 0.5) is 0 Å². The Morgan fingerprint density at radius 2 is 2.08 bits per heavy atom. The van der Waals surface area contributed by atoms with Gasteiger partial charge in [-0.15, -0.1) is 0 Å². The highest BCUT2D eigenvalue weighted by Gasteiger charge is 2.40. The van der Waals surface area contributed by atoms with E-state index in [9.17, 15) is 4.79 Å². The van der Waals surface area contributed by atoms with Gasteiger partial charge in [0.15, 0.2) is 5.82 Å². The SMILES string of the molecule is CO[C@@H]1C[C@@H](c2nc(C3CC3)n[nH]2)N(C(=O)c2cc(C)nc(C)n2)C1. The first-order chi connectivity index (χ1) is 12.0. The number of methoxy groups -OCH3 is 1. The van der Waals surface area contributed by atoms with Gasteiger partial charge in [-0.1, -0.05) is 0 Å². The molecule has 1 amide bonds. The molecule has 1 aliphatic carbocycles. The second kappa shape index (κ2) is 6.18. The van der Waals surface area contributed by atoms with Gasteiger partial charge in [-0.05, 0) is 32.8 Å². The van der Waals surface area contributed by atoms with Crippen LogP contribution in [0.1, 0.15) is 64.9 Å². The van der Waals surface area contributed by atoms with E-state index in [1.165, 1.54) is 0 Å². The third kappa shape index (κ3) is 3.13. The smallest absolute Gasteiger partial charge is 0.273 e. The summed E-state index contributed by atoms with van der Waals surface area (Å²) in [6, 6.07) is 1.55. The van der Waals surface area contributed by atoms with Crippen LogP contribution in [0.3, 0.4) is 0 Å². The van der Waals surface area contributed by atoms with E-state index >= 15 is 0 Å². The maximum atomic E-state index is 13.1. The zero-order valence-corrected chi connectivity index (χ0v) is 14.7. The van der Waals surface area contributed by atoms with Crippen molar-refractivity contribution in [2.75, 3.05) is 13.7 Å². The van der Waals surface area contributed by atoms with Crippen molar-refractivity contribution in [2.45, 2.75) is 51.2 Å². The lowest BCUT2D eigenvalue weighted by molar-refractivity contribution is 0.0678. The van der Waals surface area contributed by atoms with Crippen molar-refractivity contribution >= 4 is 5.91 Å². The van der Waals surface area contributed by atoms with Crippen LogP contribution in [0, 0.1) is 13.8 Å². The van der Waals surface area contributed by atoms with Crippen LogP contribution >= 0.6 is 0 Å². The number of rotatable bonds is 4. The van der Waals surface area contributed by atoms with E-state index in [1.54, 1.807) is 25.0 Å². The zero-order valence-electron chi connectivity index (χ0n) is 14.7. The van der Waals surface area contributed by atoms with Crippen molar-refractivity contribution in [1.29, 1.82) is 0 Å². The first-order valence-corrected chi connectivity index (χ1v) is 8.63. The largest absolute Gasteiger partial charge is 0.380 e. The Bertz CT molecular complexity index is 780. The molecule has 0 spiro atoms. The summed E-state index contributed by atoms with van der Waals surface area (Å²) < 4.78 is 5.50. The molecule has 132 valence electrons. The minimum atomic E-state index is -0.173. The van der Waals surface area contributed by atoms with E-state index < -0.39 is 0 Å². The summed E-state index contributed by atoms with van der Waals surface area (Å²) >= 11 is 0. The highest BCUT2D eigenvalue weighted by molar-refractivity contribution is 5.93. The molecule has 2 aromatic rings. The molecular formula is C17H22N6O2. The first-order valence-electron chi connectivity index (χ1n) is 8.63. The molecule has 8 nitrogen and oxygen atoms in total. The van der Waals surface area contributed by atoms with Crippen molar-refractivity contribution in [2.24, 2.45) is 0 Å². The number of aromatic nitrogens is 5. The molecule has 0 bridgehead atoms. The van der Waals surface area contributed by atoms with Crippen LogP contribution in [-0.2, 0) is 4.74 Å². The third-order valence-electron chi connectivity index (χ3n) is 4.82. The number of aryl methyl sites for hydroxylation is 2. The maximum absolute atomic E-state index is 13.1. The minimum absolute atomic E-state index is 0.0209. The Morgan fingerprint density at radius 3 is 2.76 bits per heavy atom. The lowest BCUT2D eigenvalue weighted by Gasteiger charge is -2.22. The summed E-state index contributed by atoms with van der Waals surface area (Å²) in [4.78, 5) is 28.0. The molecule has 2 fully saturated rings. The number of nitrogens with one attached hydrogen (secondary N) is 1. The van der Waals surface area contributed by atoms with Gasteiger partial charge in [0.25, 0.3) is 5.91 Å². The predicted octanol–water partition coefficient (Wildman–Crippen LogP) is 1.69. The molecule has 4 rings (SSSR count). The van der Waals surface area contributed by atoms with Crippen LogP contribution in [0.2, 0.25) is 0 Å². The predicted molar refractivity (Wildman–Crippen MR) is 89.1 cm³/mol. The van der Waals surface area contributed by atoms with Gasteiger partial charge >= 0.3 is 0 Å². The Kier molecular flexibility index (Phi) is 3.99. The summed E-state index contributed by atoms with van der Waals surface area (Å²) in [5, 5.41) is 7.36. The Balaban J connectivity index is 1.63. The number of carbonyl (C=O) groups excluding carboxylic acids is 1. The van der Waals surface area contributed by atoms with Crippen molar-refractivity contribution in [3.05, 3.63) is 34.9 Å². The van der Waals surface area contributed by atoms with Gasteiger partial charge in [0.2, 0.25) is 0 Å². The van der Waals surface area contributed by atoms with E-state index in [0.29, 0.717) is 30.4 Å². The van der Waals surface area contributed by atoms with Gasteiger partial charge in [-0.25, -0.2) is 15.0 Å². The molecule has 1 N–H and O–H groups in total. The first kappa shape index (κ1) is 16.1. The average molecular weight is 342 g/mol. The topological polar surface area (TPSA) is 96.9 Å². The van der Waals surface area contributed by atoms with E-state index in [0.717, 1.165) is 30.2 Å². The van der Waals surface area contributed by atoms with E-state index in [2.05, 4.69) is 25.1 Å². The molecule has 25 heavy (non-hydrogen) atoms. The quantitative estimate of drug-likeness (QED) is 0.908. The second-order valence-electron chi connectivity index (χ2n) is 6.86. The molecule has 2 aromatic heterocycles. The molecule has 2 aliphatic rings. The number of H-pyrrole nitrogens is 1. The molecule has 8 heteroatoms. The Morgan fingerprint density at radius 1 is 1.28 bits per heavy atom. The Hall–Kier alpha value is -2.35. The van der Waals surface area contributed by atoms with Crippen molar-refractivity contribution in [3.63, 3.8) is 0 Å². The lowest BCUT2D eigenvalue weighted by atomic mass is 10.2. The molecule has 0 radical (unpaired) electrons. The number of hydrogen-bond acceptors (Lipinski definition) is 6. The molecular weight excluding hydrogens is 320 g/mol. The van der Waals surface area contributed by atoms with Gasteiger partial charge in [0.05, 0.1) is 12.1 Å². The van der Waals surface area contributed by atoms with Gasteiger partial charge in [0.1, 0.15) is 17.3 Å². The van der Waals surface area contributed by atoms with Crippen molar-refractivity contribution in [3.8, 4) is 0 Å². The number of aromatic amines is 1. The molecule has 0 aromatic carbocycles. The van der Waals surface area contributed by atoms with Crippen LogP contribution in [0.15, 0.2) is 6.07 Å². The molecule has 1 saturated carbocycles. The summed E-state index contributed by atoms with van der Waals surface area (Å²) in [6.07, 6.45) is 2.97. The monoisotopic (exact) mass is 342 g/mol. The number of carbonyl (C=O) groups is 1. The molecule has 1 saturated heterocycles. The summed E-state index contributed by atoms with van der Waals surface area (Å²) in [5.74, 6) is 2.54. The standard InChI is InChI=1S/C17H22N6O2/c1-9-6-13(19-10(2)18-9)17(24)23-8-12(25-3)7-14(23)16-20-15(21-22-16)11-4-5-11/h6,11-12,14H,4-5,7-8H2,1-3H3,(H,20,21,22)/t12-,14+/m1/s1. The van der Waals surface area contributed by atoms with Crippen LogP contribution in [0.5, 0.6) is 0 Å². The van der Waals surface area contributed by atoms with Crippen molar-refractivity contribution in [1.82, 2.24) is 30.0 Å². The van der Waals surface area contributed by atoms with Gasteiger partial charge in [-0.2, -0.15) is 5.10 Å². The third-order valence-corrected chi connectivity index (χ3v) is 4.82. The number of likely N-dealkylation sites (tertiary alicyclic amines) is 1. The van der Waals surface area contributed by atoms with Crippen molar-refractivity contribution < 1.29 is 9.53 Å². The van der Waals surface area contributed by atoms with Crippen LogP contribution < -0.4 is 0 Å². The fraction of sp³-hybridized carbons (Fsp3) is 0.588. The van der Waals surface area contributed by atoms with E-state index in [1.807, 2.05) is 6.92 Å².